The molecule has 0 aliphatic heterocycles. The fraction of sp³-hybridized carbons (Fsp3) is 0.355. The Bertz CT molecular complexity index is 1470. The van der Waals surface area contributed by atoms with Crippen molar-refractivity contribution in [2.75, 3.05) is 23.7 Å². The van der Waals surface area contributed by atoms with Crippen molar-refractivity contribution in [1.29, 1.82) is 0 Å². The van der Waals surface area contributed by atoms with Gasteiger partial charge in [0, 0.05) is 22.5 Å². The minimum absolute atomic E-state index is 0.00108. The van der Waals surface area contributed by atoms with Crippen LogP contribution in [0.15, 0.2) is 82.6 Å². The monoisotopic (exact) mass is 615 g/mol. The molecule has 2 amide bonds. The van der Waals surface area contributed by atoms with Crippen LogP contribution < -0.4 is 14.4 Å². The number of ether oxygens (including phenoxy) is 1. The molecule has 0 fully saturated rings. The number of amides is 2. The van der Waals surface area contributed by atoms with Gasteiger partial charge in [0.15, 0.2) is 0 Å². The molecular weight excluding hydrogens is 577 g/mol. The number of nitrogens with one attached hydrogen (secondary N) is 1. The maximum Gasteiger partial charge on any atom is 0.264 e. The van der Waals surface area contributed by atoms with Crippen molar-refractivity contribution in [3.05, 3.63) is 84.2 Å². The number of carbonyl (C=O) groups is 2. The summed E-state index contributed by atoms with van der Waals surface area (Å²) in [4.78, 5) is 29.2. The number of sulfonamides is 1. The maximum absolute atomic E-state index is 14.7. The molecule has 0 heterocycles. The van der Waals surface area contributed by atoms with Crippen molar-refractivity contribution in [3.63, 3.8) is 0 Å². The summed E-state index contributed by atoms with van der Waals surface area (Å²) in [5.74, 6) is -1.12. The molecule has 0 saturated carbocycles. The molecule has 1 N–H and O–H groups in total. The zero-order valence-corrected chi connectivity index (χ0v) is 26.4. The van der Waals surface area contributed by atoms with Crippen LogP contribution in [-0.2, 0) is 26.2 Å². The number of benzene rings is 3. The average molecular weight is 616 g/mol. The van der Waals surface area contributed by atoms with Gasteiger partial charge in [-0.15, -0.1) is 11.8 Å². The summed E-state index contributed by atoms with van der Waals surface area (Å²) in [6, 6.07) is 17.7. The molecule has 3 rings (SSSR count). The normalized spacial score (nSPS) is 12.4. The highest BCUT2D eigenvalue weighted by atomic mass is 32.2. The van der Waals surface area contributed by atoms with E-state index in [0.29, 0.717) is 12.4 Å². The lowest BCUT2D eigenvalue weighted by Crippen LogP contribution is -2.54. The molecular formula is C31H38FN3O5S2. The molecule has 0 saturated heterocycles. The molecule has 0 aliphatic rings. The fourth-order valence-electron chi connectivity index (χ4n) is 4.15. The van der Waals surface area contributed by atoms with Crippen LogP contribution in [0.25, 0.3) is 0 Å². The van der Waals surface area contributed by atoms with Crippen molar-refractivity contribution in [3.8, 4) is 5.75 Å². The van der Waals surface area contributed by atoms with E-state index in [9.17, 15) is 22.4 Å². The smallest absolute Gasteiger partial charge is 0.264 e. The molecule has 1 atom stereocenters. The van der Waals surface area contributed by atoms with Crippen molar-refractivity contribution >= 4 is 39.3 Å². The minimum Gasteiger partial charge on any atom is -0.494 e. The molecule has 3 aromatic rings. The summed E-state index contributed by atoms with van der Waals surface area (Å²) >= 11 is 1.47. The molecule has 226 valence electrons. The highest BCUT2D eigenvalue weighted by molar-refractivity contribution is 7.98. The standard InChI is InChI=1S/C31H38FN3O5S2/c1-7-40-25-14-12-24(13-15-25)35(42(38,39)27-18-16-26(41-6)17-19-27)21-29(36)34(20-23-10-8-9-11-28(23)32)22(2)30(37)33-31(3,4)5/h8-19,22H,7,20-21H2,1-6H3,(H,33,37)/t22-/m0/s1. The Morgan fingerprint density at radius 3 is 2.17 bits per heavy atom. The Morgan fingerprint density at radius 2 is 1.62 bits per heavy atom. The van der Waals surface area contributed by atoms with Gasteiger partial charge in [-0.2, -0.15) is 0 Å². The summed E-state index contributed by atoms with van der Waals surface area (Å²) in [6.07, 6.45) is 1.88. The van der Waals surface area contributed by atoms with Crippen molar-refractivity contribution in [2.24, 2.45) is 0 Å². The van der Waals surface area contributed by atoms with Crippen molar-refractivity contribution in [1.82, 2.24) is 10.2 Å². The Labute approximate surface area is 252 Å². The zero-order valence-electron chi connectivity index (χ0n) is 24.8. The van der Waals surface area contributed by atoms with Gasteiger partial charge in [-0.1, -0.05) is 18.2 Å². The summed E-state index contributed by atoms with van der Waals surface area (Å²) in [6.45, 7) is 8.38. The van der Waals surface area contributed by atoms with Gasteiger partial charge in [-0.25, -0.2) is 12.8 Å². The number of halogens is 1. The Morgan fingerprint density at radius 1 is 1.00 bits per heavy atom. The number of anilines is 1. The molecule has 0 spiro atoms. The van der Waals surface area contributed by atoms with E-state index in [2.05, 4.69) is 5.32 Å². The lowest BCUT2D eigenvalue weighted by atomic mass is 10.1. The van der Waals surface area contributed by atoms with Crippen LogP contribution >= 0.6 is 11.8 Å². The van der Waals surface area contributed by atoms with Gasteiger partial charge in [0.05, 0.1) is 17.2 Å². The second-order valence-electron chi connectivity index (χ2n) is 10.6. The van der Waals surface area contributed by atoms with E-state index in [1.807, 2.05) is 34.0 Å². The predicted molar refractivity (Wildman–Crippen MR) is 165 cm³/mol. The molecule has 0 bridgehead atoms. The molecule has 0 aliphatic carbocycles. The van der Waals surface area contributed by atoms with Gasteiger partial charge in [-0.05, 0) is 95.5 Å². The van der Waals surface area contributed by atoms with Crippen LogP contribution in [0.4, 0.5) is 10.1 Å². The van der Waals surface area contributed by atoms with E-state index in [0.717, 1.165) is 9.20 Å². The molecule has 0 unspecified atom stereocenters. The lowest BCUT2D eigenvalue weighted by molar-refractivity contribution is -0.140. The van der Waals surface area contributed by atoms with Gasteiger partial charge >= 0.3 is 0 Å². The third-order valence-electron chi connectivity index (χ3n) is 6.33. The van der Waals surface area contributed by atoms with Crippen LogP contribution in [-0.4, -0.2) is 56.1 Å². The van der Waals surface area contributed by atoms with E-state index < -0.39 is 45.8 Å². The van der Waals surface area contributed by atoms with Gasteiger partial charge in [-0.3, -0.25) is 13.9 Å². The third-order valence-corrected chi connectivity index (χ3v) is 8.86. The van der Waals surface area contributed by atoms with E-state index >= 15 is 0 Å². The molecule has 8 nitrogen and oxygen atoms in total. The first-order chi connectivity index (χ1) is 19.8. The highest BCUT2D eigenvalue weighted by Gasteiger charge is 2.33. The van der Waals surface area contributed by atoms with Crippen LogP contribution in [0.3, 0.4) is 0 Å². The first-order valence-electron chi connectivity index (χ1n) is 13.5. The second kappa shape index (κ2) is 14.1. The summed E-state index contributed by atoms with van der Waals surface area (Å²) in [5.41, 5.74) is -0.152. The lowest BCUT2D eigenvalue weighted by Gasteiger charge is -2.33. The highest BCUT2D eigenvalue weighted by Crippen LogP contribution is 2.28. The number of rotatable bonds is 12. The third kappa shape index (κ3) is 8.48. The Hall–Kier alpha value is -3.57. The predicted octanol–water partition coefficient (Wildman–Crippen LogP) is 5.47. The summed E-state index contributed by atoms with van der Waals surface area (Å²) in [7, 11) is -4.23. The molecule has 3 aromatic carbocycles. The quantitative estimate of drug-likeness (QED) is 0.272. The van der Waals surface area contributed by atoms with Crippen LogP contribution in [0.2, 0.25) is 0 Å². The topological polar surface area (TPSA) is 96.0 Å². The summed E-state index contributed by atoms with van der Waals surface area (Å²) < 4.78 is 49.2. The van der Waals surface area contributed by atoms with Crippen molar-refractivity contribution < 1.29 is 27.1 Å². The average Bonchev–Trinajstić information content (AvgIpc) is 2.94. The Balaban J connectivity index is 2.06. The second-order valence-corrected chi connectivity index (χ2v) is 13.4. The first kappa shape index (κ1) is 32.9. The summed E-state index contributed by atoms with van der Waals surface area (Å²) in [5, 5.41) is 2.85. The number of hydrogen-bond acceptors (Lipinski definition) is 6. The van der Waals surface area contributed by atoms with Crippen molar-refractivity contribution in [2.45, 2.75) is 62.5 Å². The molecule has 0 radical (unpaired) electrons. The largest absolute Gasteiger partial charge is 0.494 e. The van der Waals surface area contributed by atoms with Gasteiger partial charge in [0.2, 0.25) is 11.8 Å². The number of thioether (sulfide) groups is 1. The van der Waals surface area contributed by atoms with Crippen LogP contribution in [0, 0.1) is 5.82 Å². The fourth-order valence-corrected chi connectivity index (χ4v) is 5.97. The molecule has 42 heavy (non-hydrogen) atoms. The number of nitrogens with zero attached hydrogens (tertiary/aromatic N) is 2. The van der Waals surface area contributed by atoms with Crippen LogP contribution in [0.5, 0.6) is 5.75 Å². The molecule has 0 aromatic heterocycles. The number of carbonyl (C=O) groups excluding carboxylic acids is 2. The van der Waals surface area contributed by atoms with Gasteiger partial charge < -0.3 is 15.0 Å². The van der Waals surface area contributed by atoms with E-state index in [4.69, 9.17) is 4.74 Å². The first-order valence-corrected chi connectivity index (χ1v) is 16.2. The maximum atomic E-state index is 14.7. The van der Waals surface area contributed by atoms with E-state index in [-0.39, 0.29) is 22.7 Å². The Kier molecular flexibility index (Phi) is 11.0. The number of hydrogen-bond donors (Lipinski definition) is 1. The van der Waals surface area contributed by atoms with Gasteiger partial charge in [0.25, 0.3) is 10.0 Å². The van der Waals surface area contributed by atoms with E-state index in [1.165, 1.54) is 53.9 Å². The minimum atomic E-state index is -4.23. The zero-order chi connectivity index (χ0) is 31.1. The van der Waals surface area contributed by atoms with Crippen LogP contribution in [0.1, 0.15) is 40.2 Å². The molecule has 11 heteroatoms. The van der Waals surface area contributed by atoms with E-state index in [1.54, 1.807) is 42.5 Å². The van der Waals surface area contributed by atoms with Gasteiger partial charge in [0.1, 0.15) is 24.2 Å². The SMILES string of the molecule is CCOc1ccc(N(CC(=O)N(Cc2ccccc2F)[C@@H](C)C(=O)NC(C)(C)C)S(=O)(=O)c2ccc(SC)cc2)cc1.